The minimum Gasteiger partial charge on any atom is -0.379 e. The Hall–Kier alpha value is -2.01. The highest BCUT2D eigenvalue weighted by Gasteiger charge is 2.46. The molecule has 0 bridgehead atoms. The Kier molecular flexibility index (Phi) is 8.25. The number of nitrogens with two attached hydrogens (primary N) is 1. The number of rotatable bonds is 8. The molecule has 0 radical (unpaired) electrons. The maximum Gasteiger partial charge on any atom is 0.264 e. The molecule has 198 valence electrons. The number of nitrogens with one attached hydrogen (secondary N) is 1. The maximum absolute atomic E-state index is 13.5. The highest BCUT2D eigenvalue weighted by atomic mass is 32.1. The maximum atomic E-state index is 13.5. The molecule has 0 aromatic carbocycles. The second-order valence-corrected chi connectivity index (χ2v) is 11.7. The molecule has 1 aromatic heterocycles. The van der Waals surface area contributed by atoms with Crippen LogP contribution >= 0.6 is 11.3 Å². The van der Waals surface area contributed by atoms with E-state index in [0.717, 1.165) is 71.4 Å². The first-order chi connectivity index (χ1) is 17.5. The lowest BCUT2D eigenvalue weighted by Crippen LogP contribution is -2.50. The van der Waals surface area contributed by atoms with Gasteiger partial charge < -0.3 is 25.6 Å². The molecule has 2 saturated carbocycles. The van der Waals surface area contributed by atoms with Crippen molar-refractivity contribution in [3.05, 3.63) is 22.4 Å². The lowest BCUT2D eigenvalue weighted by Gasteiger charge is -2.33. The van der Waals surface area contributed by atoms with Crippen molar-refractivity contribution in [3.63, 3.8) is 0 Å². The summed E-state index contributed by atoms with van der Waals surface area (Å²) in [5, 5.41) is 5.09. The molecule has 2 aliphatic carbocycles. The average molecular weight is 518 g/mol. The number of thiophene rings is 1. The van der Waals surface area contributed by atoms with Gasteiger partial charge in [-0.05, 0) is 56.4 Å². The van der Waals surface area contributed by atoms with E-state index in [2.05, 4.69) is 10.2 Å². The summed E-state index contributed by atoms with van der Waals surface area (Å²) in [5.74, 6) is 0.0507. The Bertz CT molecular complexity index is 909. The van der Waals surface area contributed by atoms with Gasteiger partial charge in [0.05, 0.1) is 24.1 Å². The van der Waals surface area contributed by atoms with Crippen LogP contribution in [0.4, 0.5) is 0 Å². The molecular weight excluding hydrogens is 478 g/mol. The van der Waals surface area contributed by atoms with E-state index in [-0.39, 0.29) is 41.8 Å². The molecule has 4 aliphatic rings. The second-order valence-electron chi connectivity index (χ2n) is 10.7. The van der Waals surface area contributed by atoms with E-state index < -0.39 is 6.04 Å². The normalized spacial score (nSPS) is 29.2. The zero-order valence-corrected chi connectivity index (χ0v) is 21.8. The van der Waals surface area contributed by atoms with E-state index in [1.807, 2.05) is 22.4 Å². The third kappa shape index (κ3) is 6.10. The molecule has 36 heavy (non-hydrogen) atoms. The van der Waals surface area contributed by atoms with Gasteiger partial charge in [-0.1, -0.05) is 6.07 Å². The highest BCUT2D eigenvalue weighted by Crippen LogP contribution is 2.34. The van der Waals surface area contributed by atoms with E-state index >= 15 is 0 Å². The minimum atomic E-state index is -0.571. The zero-order valence-electron chi connectivity index (χ0n) is 21.0. The lowest BCUT2D eigenvalue weighted by molar-refractivity contribution is -0.135. The van der Waals surface area contributed by atoms with Crippen LogP contribution in [-0.4, -0.2) is 103 Å². The fourth-order valence-electron chi connectivity index (χ4n) is 5.73. The number of likely N-dealkylation sites (tertiary alicyclic amines) is 1. The third-order valence-corrected chi connectivity index (χ3v) is 8.96. The summed E-state index contributed by atoms with van der Waals surface area (Å²) >= 11 is 1.39. The monoisotopic (exact) mass is 517 g/mol. The molecule has 4 fully saturated rings. The van der Waals surface area contributed by atoms with Gasteiger partial charge in [0.1, 0.15) is 6.04 Å². The van der Waals surface area contributed by atoms with Crippen LogP contribution in [0.1, 0.15) is 54.6 Å². The molecule has 3 N–H and O–H groups in total. The van der Waals surface area contributed by atoms with Crippen molar-refractivity contribution in [3.8, 4) is 0 Å². The Morgan fingerprint density at radius 3 is 2.53 bits per heavy atom. The number of carbonyl (C=O) groups is 3. The molecule has 2 unspecified atom stereocenters. The number of ether oxygens (including phenoxy) is 1. The quantitative estimate of drug-likeness (QED) is 0.538. The zero-order chi connectivity index (χ0) is 25.1. The average Bonchev–Trinajstić information content (AvgIpc) is 3.41. The molecule has 1 aromatic rings. The van der Waals surface area contributed by atoms with E-state index in [0.29, 0.717) is 24.4 Å². The highest BCUT2D eigenvalue weighted by molar-refractivity contribution is 7.12. The molecule has 0 spiro atoms. The van der Waals surface area contributed by atoms with Crippen LogP contribution in [0.15, 0.2) is 17.5 Å². The molecule has 3 amide bonds. The van der Waals surface area contributed by atoms with Crippen molar-refractivity contribution in [1.29, 1.82) is 0 Å². The molecule has 9 nitrogen and oxygen atoms in total. The van der Waals surface area contributed by atoms with Crippen molar-refractivity contribution in [1.82, 2.24) is 20.0 Å². The van der Waals surface area contributed by atoms with Crippen LogP contribution in [0, 0.1) is 5.92 Å². The Labute approximate surface area is 217 Å². The summed E-state index contributed by atoms with van der Waals surface area (Å²) in [5.41, 5.74) is 6.05. The lowest BCUT2D eigenvalue weighted by atomic mass is 9.91. The summed E-state index contributed by atoms with van der Waals surface area (Å²) in [6.45, 7) is 4.98. The fraction of sp³-hybridized carbons (Fsp3) is 0.731. The largest absolute Gasteiger partial charge is 0.379 e. The first kappa shape index (κ1) is 25.6. The minimum absolute atomic E-state index is 0.0930. The summed E-state index contributed by atoms with van der Waals surface area (Å²) in [6.07, 6.45) is 5.90. The van der Waals surface area contributed by atoms with Gasteiger partial charge in [-0.2, -0.15) is 0 Å². The van der Waals surface area contributed by atoms with Gasteiger partial charge in [0.15, 0.2) is 0 Å². The van der Waals surface area contributed by atoms with E-state index in [1.165, 1.54) is 11.3 Å². The Morgan fingerprint density at radius 2 is 1.86 bits per heavy atom. The SMILES string of the molecule is NC1CCC(NC(=O)C2CC(N(CCN3CCOCC3)C(=O)C3CC3)CN2C(=O)c2cccs2)CC1. The van der Waals surface area contributed by atoms with E-state index in [4.69, 9.17) is 10.5 Å². The van der Waals surface area contributed by atoms with Gasteiger partial charge in [0.25, 0.3) is 5.91 Å². The van der Waals surface area contributed by atoms with Crippen molar-refractivity contribution in [2.75, 3.05) is 45.9 Å². The van der Waals surface area contributed by atoms with Gasteiger partial charge in [-0.3, -0.25) is 19.3 Å². The van der Waals surface area contributed by atoms with Gasteiger partial charge in [-0.15, -0.1) is 11.3 Å². The molecule has 3 heterocycles. The van der Waals surface area contributed by atoms with Crippen molar-refractivity contribution >= 4 is 29.1 Å². The molecule has 2 saturated heterocycles. The molecule has 2 aliphatic heterocycles. The topological polar surface area (TPSA) is 108 Å². The molecule has 10 heteroatoms. The molecule has 5 rings (SSSR count). The van der Waals surface area contributed by atoms with Gasteiger partial charge in [0.2, 0.25) is 11.8 Å². The van der Waals surface area contributed by atoms with Crippen molar-refractivity contribution < 1.29 is 19.1 Å². The Balaban J connectivity index is 1.31. The number of amides is 3. The van der Waals surface area contributed by atoms with Crippen LogP contribution in [0.25, 0.3) is 0 Å². The fourth-order valence-corrected chi connectivity index (χ4v) is 6.41. The van der Waals surface area contributed by atoms with Crippen LogP contribution in [-0.2, 0) is 14.3 Å². The summed E-state index contributed by atoms with van der Waals surface area (Å²) in [6, 6.07) is 3.25. The van der Waals surface area contributed by atoms with Crippen LogP contribution in [0.2, 0.25) is 0 Å². The number of hydrogen-bond donors (Lipinski definition) is 2. The summed E-state index contributed by atoms with van der Waals surface area (Å²) in [4.78, 5) is 47.0. The summed E-state index contributed by atoms with van der Waals surface area (Å²) in [7, 11) is 0. The van der Waals surface area contributed by atoms with Gasteiger partial charge in [0, 0.05) is 50.7 Å². The molecule has 2 atom stereocenters. The predicted molar refractivity (Wildman–Crippen MR) is 138 cm³/mol. The summed E-state index contributed by atoms with van der Waals surface area (Å²) < 4.78 is 5.47. The smallest absolute Gasteiger partial charge is 0.264 e. The first-order valence-electron chi connectivity index (χ1n) is 13.5. The predicted octanol–water partition coefficient (Wildman–Crippen LogP) is 1.29. The van der Waals surface area contributed by atoms with Crippen LogP contribution in [0.5, 0.6) is 0 Å². The molecular formula is C26H39N5O4S. The van der Waals surface area contributed by atoms with Gasteiger partial charge in [-0.25, -0.2) is 0 Å². The van der Waals surface area contributed by atoms with Crippen molar-refractivity contribution in [2.45, 2.75) is 69.1 Å². The first-order valence-corrected chi connectivity index (χ1v) is 14.4. The van der Waals surface area contributed by atoms with E-state index in [1.54, 1.807) is 4.90 Å². The number of hydrogen-bond acceptors (Lipinski definition) is 7. The van der Waals surface area contributed by atoms with Crippen LogP contribution in [0.3, 0.4) is 0 Å². The number of nitrogens with zero attached hydrogens (tertiary/aromatic N) is 3. The number of morpholine rings is 1. The van der Waals surface area contributed by atoms with Crippen LogP contribution < -0.4 is 11.1 Å². The number of carbonyl (C=O) groups excluding carboxylic acids is 3. The third-order valence-electron chi connectivity index (χ3n) is 8.10. The standard InChI is InChI=1S/C26H39N5O4S/c27-19-5-7-20(8-6-19)28-24(32)22-16-21(17-31(22)26(34)23-2-1-15-36-23)30(25(33)18-3-4-18)10-9-29-11-13-35-14-12-29/h1-2,15,18-22H,3-14,16-17,27H2,(H,28,32). The Morgan fingerprint density at radius 1 is 1.11 bits per heavy atom. The van der Waals surface area contributed by atoms with Gasteiger partial charge >= 0.3 is 0 Å². The van der Waals surface area contributed by atoms with E-state index in [9.17, 15) is 14.4 Å². The second kappa shape index (κ2) is 11.6. The van der Waals surface area contributed by atoms with Crippen molar-refractivity contribution in [2.24, 2.45) is 11.7 Å².